The van der Waals surface area contributed by atoms with E-state index in [1.807, 2.05) is 13.8 Å². The standard InChI is InChI=1S/C17H21F3N2O2/c1-10(2)15(12-4-3-5-13(8-12)17(18,19)20)22-14(23)9-21-16(24)11-6-7-11/h3-5,8,10-11,15H,6-7,9H2,1-2H3,(H,21,24)(H,22,23). The number of amides is 2. The average Bonchev–Trinajstić information content (AvgIpc) is 3.34. The Labute approximate surface area is 138 Å². The van der Waals surface area contributed by atoms with E-state index in [4.69, 9.17) is 0 Å². The molecular formula is C17H21F3N2O2. The van der Waals surface area contributed by atoms with Crippen molar-refractivity contribution in [1.29, 1.82) is 0 Å². The molecule has 1 unspecified atom stereocenters. The fraction of sp³-hybridized carbons (Fsp3) is 0.529. The fourth-order valence-electron chi connectivity index (χ4n) is 2.43. The summed E-state index contributed by atoms with van der Waals surface area (Å²) in [5.41, 5.74) is -0.358. The van der Waals surface area contributed by atoms with Crippen molar-refractivity contribution >= 4 is 11.8 Å². The van der Waals surface area contributed by atoms with Gasteiger partial charge >= 0.3 is 6.18 Å². The van der Waals surface area contributed by atoms with Gasteiger partial charge in [-0.2, -0.15) is 13.2 Å². The van der Waals surface area contributed by atoms with E-state index < -0.39 is 23.7 Å². The van der Waals surface area contributed by atoms with Crippen LogP contribution < -0.4 is 10.6 Å². The summed E-state index contributed by atoms with van der Waals surface area (Å²) in [6.45, 7) is 3.46. The Kier molecular flexibility index (Phi) is 5.51. The quantitative estimate of drug-likeness (QED) is 0.835. The zero-order chi connectivity index (χ0) is 17.9. The lowest BCUT2D eigenvalue weighted by atomic mass is 9.94. The molecular weight excluding hydrogens is 321 g/mol. The smallest absolute Gasteiger partial charge is 0.348 e. The van der Waals surface area contributed by atoms with Crippen LogP contribution in [-0.4, -0.2) is 18.4 Å². The van der Waals surface area contributed by atoms with Gasteiger partial charge in [0.1, 0.15) is 0 Å². The molecule has 2 rings (SSSR count). The summed E-state index contributed by atoms with van der Waals surface area (Å²) in [5.74, 6) is -0.663. The first-order valence-electron chi connectivity index (χ1n) is 7.92. The molecule has 0 bridgehead atoms. The number of hydrogen-bond acceptors (Lipinski definition) is 2. The van der Waals surface area contributed by atoms with E-state index in [2.05, 4.69) is 10.6 Å². The summed E-state index contributed by atoms with van der Waals surface area (Å²) in [7, 11) is 0. The van der Waals surface area contributed by atoms with Gasteiger partial charge in [0.25, 0.3) is 0 Å². The van der Waals surface area contributed by atoms with Gasteiger partial charge in [0.05, 0.1) is 18.2 Å². The van der Waals surface area contributed by atoms with Gasteiger partial charge in [-0.05, 0) is 36.5 Å². The molecule has 0 saturated heterocycles. The number of rotatable bonds is 6. The zero-order valence-electron chi connectivity index (χ0n) is 13.6. The molecule has 0 aliphatic heterocycles. The number of carbonyl (C=O) groups excluding carboxylic acids is 2. The molecule has 4 nitrogen and oxygen atoms in total. The van der Waals surface area contributed by atoms with Gasteiger partial charge in [0, 0.05) is 5.92 Å². The number of nitrogens with one attached hydrogen (secondary N) is 2. The van der Waals surface area contributed by atoms with Gasteiger partial charge in [-0.25, -0.2) is 0 Å². The maximum Gasteiger partial charge on any atom is 0.416 e. The summed E-state index contributed by atoms with van der Waals surface area (Å²) in [5, 5.41) is 5.25. The van der Waals surface area contributed by atoms with Crippen LogP contribution in [0.5, 0.6) is 0 Å². The molecule has 1 aromatic rings. The molecule has 7 heteroatoms. The topological polar surface area (TPSA) is 58.2 Å². The van der Waals surface area contributed by atoms with Crippen LogP contribution in [0.1, 0.15) is 43.9 Å². The largest absolute Gasteiger partial charge is 0.416 e. The second kappa shape index (κ2) is 7.23. The van der Waals surface area contributed by atoms with Crippen LogP contribution in [-0.2, 0) is 15.8 Å². The average molecular weight is 342 g/mol. The molecule has 0 radical (unpaired) electrons. The molecule has 132 valence electrons. The third kappa shape index (κ3) is 4.97. The van der Waals surface area contributed by atoms with Crippen LogP contribution in [0.4, 0.5) is 13.2 Å². The number of halogens is 3. The molecule has 1 aromatic carbocycles. The van der Waals surface area contributed by atoms with Crippen LogP contribution in [0.2, 0.25) is 0 Å². The normalized spacial score (nSPS) is 15.9. The minimum atomic E-state index is -4.43. The highest BCUT2D eigenvalue weighted by Crippen LogP contribution is 2.32. The fourth-order valence-corrected chi connectivity index (χ4v) is 2.43. The minimum Gasteiger partial charge on any atom is -0.348 e. The Morgan fingerprint density at radius 1 is 1.25 bits per heavy atom. The van der Waals surface area contributed by atoms with Gasteiger partial charge in [-0.3, -0.25) is 9.59 Å². The Bertz CT molecular complexity index is 610. The third-order valence-corrected chi connectivity index (χ3v) is 3.93. The Hall–Kier alpha value is -2.05. The van der Waals surface area contributed by atoms with E-state index in [-0.39, 0.29) is 24.3 Å². The van der Waals surface area contributed by atoms with Crippen molar-refractivity contribution in [3.63, 3.8) is 0 Å². The number of hydrogen-bond donors (Lipinski definition) is 2. The molecule has 1 aliphatic rings. The highest BCUT2D eigenvalue weighted by Gasteiger charge is 2.32. The number of alkyl halides is 3. The molecule has 1 atom stereocenters. The van der Waals surface area contributed by atoms with Crippen LogP contribution >= 0.6 is 0 Å². The zero-order valence-corrected chi connectivity index (χ0v) is 13.6. The summed E-state index contributed by atoms with van der Waals surface area (Å²) < 4.78 is 38.6. The molecule has 2 N–H and O–H groups in total. The maximum absolute atomic E-state index is 12.9. The van der Waals surface area contributed by atoms with Crippen LogP contribution in [0.3, 0.4) is 0 Å². The van der Waals surface area contributed by atoms with Crippen LogP contribution in [0.15, 0.2) is 24.3 Å². The van der Waals surface area contributed by atoms with Crippen molar-refractivity contribution in [2.24, 2.45) is 11.8 Å². The molecule has 0 heterocycles. The summed E-state index contributed by atoms with van der Waals surface area (Å²) >= 11 is 0. The van der Waals surface area contributed by atoms with E-state index in [0.29, 0.717) is 5.56 Å². The lowest BCUT2D eigenvalue weighted by Gasteiger charge is -2.24. The third-order valence-electron chi connectivity index (χ3n) is 3.93. The Morgan fingerprint density at radius 2 is 1.92 bits per heavy atom. The maximum atomic E-state index is 12.9. The predicted molar refractivity (Wildman–Crippen MR) is 82.9 cm³/mol. The number of benzene rings is 1. The first-order valence-corrected chi connectivity index (χ1v) is 7.92. The second-order valence-corrected chi connectivity index (χ2v) is 6.40. The van der Waals surface area contributed by atoms with E-state index in [1.54, 1.807) is 6.07 Å². The van der Waals surface area contributed by atoms with Gasteiger partial charge in [-0.1, -0.05) is 26.0 Å². The highest BCUT2D eigenvalue weighted by atomic mass is 19.4. The van der Waals surface area contributed by atoms with Crippen LogP contribution in [0, 0.1) is 11.8 Å². The van der Waals surface area contributed by atoms with Crippen molar-refractivity contribution in [2.75, 3.05) is 6.54 Å². The first kappa shape index (κ1) is 18.3. The van der Waals surface area contributed by atoms with Crippen LogP contribution in [0.25, 0.3) is 0 Å². The van der Waals surface area contributed by atoms with E-state index in [1.165, 1.54) is 6.07 Å². The molecule has 1 saturated carbocycles. The summed E-state index contributed by atoms with van der Waals surface area (Å²) in [6, 6.07) is 4.38. The molecule has 24 heavy (non-hydrogen) atoms. The lowest BCUT2D eigenvalue weighted by Crippen LogP contribution is -2.40. The predicted octanol–water partition coefficient (Wildman–Crippen LogP) is 3.04. The molecule has 0 aromatic heterocycles. The van der Waals surface area contributed by atoms with Crippen molar-refractivity contribution < 1.29 is 22.8 Å². The first-order chi connectivity index (χ1) is 11.2. The molecule has 1 aliphatic carbocycles. The van der Waals surface area contributed by atoms with E-state index >= 15 is 0 Å². The lowest BCUT2D eigenvalue weighted by molar-refractivity contribution is -0.137. The van der Waals surface area contributed by atoms with Crippen molar-refractivity contribution in [2.45, 2.75) is 38.9 Å². The van der Waals surface area contributed by atoms with Gasteiger partial charge < -0.3 is 10.6 Å². The summed E-state index contributed by atoms with van der Waals surface area (Å²) in [4.78, 5) is 23.6. The molecule has 2 amide bonds. The van der Waals surface area contributed by atoms with E-state index in [9.17, 15) is 22.8 Å². The van der Waals surface area contributed by atoms with Gasteiger partial charge in [-0.15, -0.1) is 0 Å². The molecule has 0 spiro atoms. The Morgan fingerprint density at radius 3 is 2.46 bits per heavy atom. The SMILES string of the molecule is CC(C)C(NC(=O)CNC(=O)C1CC1)c1cccc(C(F)(F)F)c1. The van der Waals surface area contributed by atoms with Gasteiger partial charge in [0.2, 0.25) is 11.8 Å². The van der Waals surface area contributed by atoms with Crippen molar-refractivity contribution in [1.82, 2.24) is 10.6 Å². The van der Waals surface area contributed by atoms with Gasteiger partial charge in [0.15, 0.2) is 0 Å². The second-order valence-electron chi connectivity index (χ2n) is 6.40. The van der Waals surface area contributed by atoms with Crippen molar-refractivity contribution in [3.05, 3.63) is 35.4 Å². The summed E-state index contributed by atoms with van der Waals surface area (Å²) in [6.07, 6.45) is -2.75. The molecule has 1 fully saturated rings. The number of carbonyl (C=O) groups is 2. The van der Waals surface area contributed by atoms with E-state index in [0.717, 1.165) is 25.0 Å². The Balaban J connectivity index is 2.03. The highest BCUT2D eigenvalue weighted by molar-refractivity contribution is 5.87. The minimum absolute atomic E-state index is 0.00200. The van der Waals surface area contributed by atoms with Crippen molar-refractivity contribution in [3.8, 4) is 0 Å². The monoisotopic (exact) mass is 342 g/mol.